The van der Waals surface area contributed by atoms with E-state index in [4.69, 9.17) is 5.73 Å². The molecule has 0 atom stereocenters. The first-order valence-electron chi connectivity index (χ1n) is 2.15. The van der Waals surface area contributed by atoms with Gasteiger partial charge in [-0.1, -0.05) is 0 Å². The van der Waals surface area contributed by atoms with Crippen molar-refractivity contribution in [3.8, 4) is 0 Å². The average Bonchev–Trinajstić information content (AvgIpc) is 1.62. The van der Waals surface area contributed by atoms with Gasteiger partial charge in [-0.05, 0) is 0 Å². The van der Waals surface area contributed by atoms with E-state index < -0.39 is 10.0 Å². The van der Waals surface area contributed by atoms with Gasteiger partial charge in [-0.2, -0.15) is 0 Å². The smallest absolute Gasteiger partial charge is 0.253 e. The molecule has 0 aromatic heterocycles. The zero-order valence-corrected chi connectivity index (χ0v) is 5.99. The van der Waals surface area contributed by atoms with Crippen molar-refractivity contribution < 1.29 is 8.42 Å². The van der Waals surface area contributed by atoms with E-state index in [0.717, 1.165) is 6.26 Å². The lowest BCUT2D eigenvalue weighted by Crippen LogP contribution is -2.20. The van der Waals surface area contributed by atoms with Crippen molar-refractivity contribution in [3.63, 3.8) is 0 Å². The first kappa shape index (κ1) is 8.22. The van der Waals surface area contributed by atoms with E-state index in [1.165, 1.54) is 7.05 Å². The molecule has 0 aliphatic carbocycles. The van der Waals surface area contributed by atoms with E-state index >= 15 is 0 Å². The normalized spacial score (nSPS) is 13.3. The first-order valence-corrected chi connectivity index (χ1v) is 4.00. The van der Waals surface area contributed by atoms with Gasteiger partial charge in [-0.25, -0.2) is 8.42 Å². The van der Waals surface area contributed by atoms with E-state index in [-0.39, 0.29) is 5.96 Å². The van der Waals surface area contributed by atoms with Crippen LogP contribution in [0.4, 0.5) is 0 Å². The monoisotopic (exact) mass is 150 g/mol. The second-order valence-electron chi connectivity index (χ2n) is 1.42. The van der Waals surface area contributed by atoms with Gasteiger partial charge in [0, 0.05) is 7.05 Å². The molecule has 0 saturated carbocycles. The molecule has 5 nitrogen and oxygen atoms in total. The molecular weight excluding hydrogens is 142 g/mol. The zero-order chi connectivity index (χ0) is 7.49. The fourth-order valence-corrected chi connectivity index (χ4v) is 0.634. The summed E-state index contributed by atoms with van der Waals surface area (Å²) in [6.07, 6.45) is 0.929. The van der Waals surface area contributed by atoms with Crippen molar-refractivity contribution in [3.05, 3.63) is 0 Å². The highest BCUT2D eigenvalue weighted by Crippen LogP contribution is 1.81. The van der Waals surface area contributed by atoms with Crippen LogP contribution in [-0.2, 0) is 10.0 Å². The maximum absolute atomic E-state index is 10.3. The summed E-state index contributed by atoms with van der Waals surface area (Å²) in [5.41, 5.74) is 6.74. The minimum absolute atomic E-state index is 0.350. The highest BCUT2D eigenvalue weighted by atomic mass is 32.2. The third kappa shape index (κ3) is 5.09. The molecule has 0 fully saturated rings. The SMILES string of the molecule is CN/C([NH])=N/S(C)(=O)=O. The number of nitrogens with one attached hydrogen (secondary N) is 2. The summed E-state index contributed by atoms with van der Waals surface area (Å²) in [5, 5.41) is 2.26. The van der Waals surface area contributed by atoms with Crippen LogP contribution in [0.5, 0.6) is 0 Å². The molecule has 0 spiro atoms. The molecule has 0 heterocycles. The van der Waals surface area contributed by atoms with Gasteiger partial charge < -0.3 is 5.32 Å². The molecule has 1 radical (unpaired) electrons. The van der Waals surface area contributed by atoms with Crippen LogP contribution in [0.3, 0.4) is 0 Å². The van der Waals surface area contributed by atoms with Crippen molar-refractivity contribution in [2.24, 2.45) is 4.40 Å². The van der Waals surface area contributed by atoms with Gasteiger partial charge >= 0.3 is 0 Å². The van der Waals surface area contributed by atoms with E-state index in [9.17, 15) is 8.42 Å². The Balaban J connectivity index is 4.32. The van der Waals surface area contributed by atoms with Gasteiger partial charge in [0.1, 0.15) is 0 Å². The summed E-state index contributed by atoms with van der Waals surface area (Å²) in [5.74, 6) is -0.350. The van der Waals surface area contributed by atoms with Crippen LogP contribution in [0.2, 0.25) is 0 Å². The number of hydrogen-bond acceptors (Lipinski definition) is 2. The summed E-state index contributed by atoms with van der Waals surface area (Å²) < 4.78 is 23.5. The van der Waals surface area contributed by atoms with E-state index in [1.807, 2.05) is 0 Å². The maximum Gasteiger partial charge on any atom is 0.253 e. The quantitative estimate of drug-likeness (QED) is 0.376. The van der Waals surface area contributed by atoms with Crippen LogP contribution in [0.1, 0.15) is 0 Å². The maximum atomic E-state index is 10.3. The van der Waals surface area contributed by atoms with Crippen LogP contribution >= 0.6 is 0 Å². The highest BCUT2D eigenvalue weighted by molar-refractivity contribution is 7.89. The molecular formula is C3H8N3O2S. The third-order valence-electron chi connectivity index (χ3n) is 0.494. The fourth-order valence-electron chi connectivity index (χ4n) is 0.211. The van der Waals surface area contributed by atoms with Crippen LogP contribution in [-0.4, -0.2) is 27.7 Å². The van der Waals surface area contributed by atoms with E-state index in [0.29, 0.717) is 0 Å². The molecule has 53 valence electrons. The molecule has 9 heavy (non-hydrogen) atoms. The first-order chi connectivity index (χ1) is 3.95. The second-order valence-corrected chi connectivity index (χ2v) is 3.07. The van der Waals surface area contributed by atoms with Crippen molar-refractivity contribution in [1.29, 1.82) is 0 Å². The van der Waals surface area contributed by atoms with Gasteiger partial charge in [0.15, 0.2) is 0 Å². The number of sulfonamides is 1. The Hall–Kier alpha value is -0.780. The Morgan fingerprint density at radius 1 is 1.67 bits per heavy atom. The Kier molecular flexibility index (Phi) is 2.44. The van der Waals surface area contributed by atoms with Gasteiger partial charge in [0.05, 0.1) is 6.26 Å². The van der Waals surface area contributed by atoms with E-state index in [1.54, 1.807) is 0 Å². The fraction of sp³-hybridized carbons (Fsp3) is 0.667. The standard InChI is InChI=1S/C3H8N3O2S/c1-5-3(4)6-9(2,7)8/h4H,1-2H3,(H,5,6). The largest absolute Gasteiger partial charge is 0.357 e. The Labute approximate surface area is 54.0 Å². The predicted octanol–water partition coefficient (Wildman–Crippen LogP) is -1.20. The van der Waals surface area contributed by atoms with Crippen molar-refractivity contribution in [2.75, 3.05) is 13.3 Å². The number of hydrogen-bond donors (Lipinski definition) is 1. The topological polar surface area (TPSA) is 82.3 Å². The lowest BCUT2D eigenvalue weighted by Gasteiger charge is -1.92. The molecule has 0 aromatic rings. The Morgan fingerprint density at radius 2 is 2.11 bits per heavy atom. The Bertz CT molecular complexity index is 205. The molecule has 0 bridgehead atoms. The van der Waals surface area contributed by atoms with Crippen molar-refractivity contribution in [2.45, 2.75) is 0 Å². The van der Waals surface area contributed by atoms with E-state index in [2.05, 4.69) is 9.71 Å². The summed E-state index contributed by atoms with van der Waals surface area (Å²) in [4.78, 5) is 0. The molecule has 0 aromatic carbocycles. The Morgan fingerprint density at radius 3 is 2.22 bits per heavy atom. The van der Waals surface area contributed by atoms with Gasteiger partial charge in [-0.15, -0.1) is 4.40 Å². The lowest BCUT2D eigenvalue weighted by atomic mass is 11.0. The predicted molar refractivity (Wildman–Crippen MR) is 34.4 cm³/mol. The lowest BCUT2D eigenvalue weighted by molar-refractivity contribution is 0.603. The van der Waals surface area contributed by atoms with Crippen LogP contribution in [0.15, 0.2) is 4.40 Å². The molecule has 0 rings (SSSR count). The minimum Gasteiger partial charge on any atom is -0.357 e. The zero-order valence-electron chi connectivity index (χ0n) is 5.17. The third-order valence-corrected chi connectivity index (χ3v) is 1.01. The van der Waals surface area contributed by atoms with Gasteiger partial charge in [-0.3, -0.25) is 5.73 Å². The summed E-state index contributed by atoms with van der Waals surface area (Å²) in [7, 11) is -1.97. The van der Waals surface area contributed by atoms with Crippen molar-refractivity contribution >= 4 is 16.0 Å². The molecule has 0 unspecified atom stereocenters. The number of rotatable bonds is 1. The van der Waals surface area contributed by atoms with Crippen LogP contribution in [0, 0.1) is 0 Å². The average molecular weight is 150 g/mol. The molecule has 0 aliphatic rings. The van der Waals surface area contributed by atoms with Gasteiger partial charge in [0.25, 0.3) is 10.0 Å². The van der Waals surface area contributed by atoms with Gasteiger partial charge in [0.2, 0.25) is 5.96 Å². The molecule has 0 aliphatic heterocycles. The highest BCUT2D eigenvalue weighted by Gasteiger charge is 1.96. The number of nitrogens with zero attached hydrogens (tertiary/aromatic N) is 1. The molecule has 0 saturated heterocycles. The molecule has 6 heteroatoms. The van der Waals surface area contributed by atoms with Crippen molar-refractivity contribution in [1.82, 2.24) is 11.1 Å². The molecule has 2 N–H and O–H groups in total. The number of guanidine groups is 1. The van der Waals surface area contributed by atoms with Crippen LogP contribution in [0.25, 0.3) is 0 Å². The molecule has 0 amide bonds. The second kappa shape index (κ2) is 2.67. The summed E-state index contributed by atoms with van der Waals surface area (Å²) in [6, 6.07) is 0. The summed E-state index contributed by atoms with van der Waals surface area (Å²) >= 11 is 0. The minimum atomic E-state index is -3.40. The van der Waals surface area contributed by atoms with Crippen LogP contribution < -0.4 is 11.1 Å². The summed E-state index contributed by atoms with van der Waals surface area (Å²) in [6.45, 7) is 0.